The van der Waals surface area contributed by atoms with Gasteiger partial charge in [0.05, 0.1) is 0 Å². The number of unbranched alkanes of at least 4 members (excludes halogenated alkanes) is 9. The van der Waals surface area contributed by atoms with Crippen molar-refractivity contribution in [2.45, 2.75) is 77.6 Å². The van der Waals surface area contributed by atoms with E-state index in [0.29, 0.717) is 12.0 Å². The van der Waals surface area contributed by atoms with E-state index in [1.165, 1.54) is 51.4 Å². The van der Waals surface area contributed by atoms with Crippen LogP contribution in [0.3, 0.4) is 0 Å². The third kappa shape index (κ3) is 20.7. The molecule has 0 fully saturated rings. The molecule has 0 unspecified atom stereocenters. The molecule has 0 atom stereocenters. The Hall–Kier alpha value is -1.58. The number of primary amides is 1. The van der Waals surface area contributed by atoms with Crippen LogP contribution in [0.25, 0.3) is 0 Å². The van der Waals surface area contributed by atoms with E-state index in [9.17, 15) is 9.59 Å². The van der Waals surface area contributed by atoms with Crippen molar-refractivity contribution in [2.24, 2.45) is 5.73 Å². The lowest BCUT2D eigenvalue weighted by atomic mass is 10.0. The van der Waals surface area contributed by atoms with Gasteiger partial charge in [0.25, 0.3) is 0 Å². The second kappa shape index (κ2) is 17.5. The van der Waals surface area contributed by atoms with Gasteiger partial charge in [-0.2, -0.15) is 0 Å². The molecule has 0 radical (unpaired) electrons. The predicted octanol–water partition coefficient (Wildman–Crippen LogP) is 4.60. The van der Waals surface area contributed by atoms with E-state index in [1.54, 1.807) is 0 Å². The van der Waals surface area contributed by atoms with Crippen molar-refractivity contribution in [1.29, 1.82) is 0 Å². The highest BCUT2D eigenvalue weighted by Gasteiger charge is 2.02. The van der Waals surface area contributed by atoms with Gasteiger partial charge < -0.3 is 10.8 Å². The lowest BCUT2D eigenvalue weighted by Gasteiger charge is -2.02. The van der Waals surface area contributed by atoms with Crippen molar-refractivity contribution in [1.82, 2.24) is 0 Å². The number of hydrogen-bond acceptors (Lipinski definition) is 2. The fraction of sp³-hybridized carbons (Fsp3) is 0.667. The molecule has 0 rings (SSSR count). The maximum atomic E-state index is 10.5. The van der Waals surface area contributed by atoms with Crippen LogP contribution in [0.1, 0.15) is 77.6 Å². The maximum absolute atomic E-state index is 10.5. The van der Waals surface area contributed by atoms with Gasteiger partial charge in [0.15, 0.2) is 0 Å². The second-order valence-electron chi connectivity index (χ2n) is 5.45. The minimum absolute atomic E-state index is 0.351. The van der Waals surface area contributed by atoms with Crippen LogP contribution in [-0.4, -0.2) is 17.0 Å². The Morgan fingerprint density at radius 1 is 0.955 bits per heavy atom. The molecule has 4 heteroatoms. The van der Waals surface area contributed by atoms with Crippen molar-refractivity contribution < 1.29 is 14.7 Å². The molecule has 128 valence electrons. The molecule has 0 bridgehead atoms. The van der Waals surface area contributed by atoms with Crippen molar-refractivity contribution in [2.75, 3.05) is 0 Å². The monoisotopic (exact) mass is 311 g/mol. The number of aliphatic carboxylic acids is 1. The van der Waals surface area contributed by atoms with Crippen LogP contribution in [0, 0.1) is 0 Å². The molecule has 0 aromatic carbocycles. The third-order valence-electron chi connectivity index (χ3n) is 3.34. The first kappa shape index (κ1) is 22.7. The first-order valence-corrected chi connectivity index (χ1v) is 8.28. The molecule has 0 aromatic rings. The molecule has 0 saturated carbocycles. The van der Waals surface area contributed by atoms with E-state index in [4.69, 9.17) is 5.11 Å². The Kier molecular flexibility index (Phi) is 18.0. The Morgan fingerprint density at radius 2 is 1.32 bits per heavy atom. The van der Waals surface area contributed by atoms with Crippen LogP contribution < -0.4 is 5.73 Å². The fourth-order valence-electron chi connectivity index (χ4n) is 1.93. The third-order valence-corrected chi connectivity index (χ3v) is 3.34. The zero-order valence-electron chi connectivity index (χ0n) is 14.1. The smallest absolute Gasteiger partial charge is 0.330 e. The molecule has 3 N–H and O–H groups in total. The van der Waals surface area contributed by atoms with E-state index < -0.39 is 11.9 Å². The average molecular weight is 311 g/mol. The van der Waals surface area contributed by atoms with E-state index in [2.05, 4.69) is 25.8 Å². The summed E-state index contributed by atoms with van der Waals surface area (Å²) < 4.78 is 0. The number of carboxylic acid groups (broad SMARTS) is 1. The van der Waals surface area contributed by atoms with E-state index in [-0.39, 0.29) is 0 Å². The highest BCUT2D eigenvalue weighted by atomic mass is 16.4. The molecular formula is C18H33NO3. The SMILES string of the molecule is C=C(CCCCCCCCCCCC)C(=O)O.C=CC(N)=O. The van der Waals surface area contributed by atoms with Crippen LogP contribution in [0.15, 0.2) is 24.8 Å². The van der Waals surface area contributed by atoms with Gasteiger partial charge in [-0.3, -0.25) is 4.79 Å². The minimum atomic E-state index is -0.846. The van der Waals surface area contributed by atoms with Gasteiger partial charge >= 0.3 is 5.97 Å². The van der Waals surface area contributed by atoms with Crippen molar-refractivity contribution in [3.8, 4) is 0 Å². The van der Waals surface area contributed by atoms with E-state index >= 15 is 0 Å². The Balaban J connectivity index is 0. The van der Waals surface area contributed by atoms with Gasteiger partial charge in [-0.25, -0.2) is 4.79 Å². The van der Waals surface area contributed by atoms with Crippen LogP contribution in [0.5, 0.6) is 0 Å². The number of hydrogen-bond donors (Lipinski definition) is 2. The Morgan fingerprint density at radius 3 is 1.64 bits per heavy atom. The zero-order valence-corrected chi connectivity index (χ0v) is 14.1. The molecule has 0 aliphatic rings. The van der Waals surface area contributed by atoms with Gasteiger partial charge in [0, 0.05) is 5.57 Å². The highest BCUT2D eigenvalue weighted by molar-refractivity contribution is 5.85. The normalized spacial score (nSPS) is 9.50. The summed E-state index contributed by atoms with van der Waals surface area (Å²) in [5, 5.41) is 8.63. The number of carboxylic acids is 1. The molecule has 0 aliphatic carbocycles. The average Bonchev–Trinajstić information content (AvgIpc) is 2.49. The summed E-state index contributed by atoms with van der Waals surface area (Å²) in [4.78, 5) is 20.0. The Bertz CT molecular complexity index is 324. The Labute approximate surface area is 135 Å². The molecule has 22 heavy (non-hydrogen) atoms. The van der Waals surface area contributed by atoms with Crippen LogP contribution >= 0.6 is 0 Å². The molecule has 0 heterocycles. The summed E-state index contributed by atoms with van der Waals surface area (Å²) in [5.41, 5.74) is 4.89. The molecular weight excluding hydrogens is 278 g/mol. The summed E-state index contributed by atoms with van der Waals surface area (Å²) in [6.07, 6.45) is 14.5. The van der Waals surface area contributed by atoms with Crippen LogP contribution in [0.4, 0.5) is 0 Å². The number of carbonyl (C=O) groups excluding carboxylic acids is 1. The highest BCUT2D eigenvalue weighted by Crippen LogP contribution is 2.12. The van der Waals surface area contributed by atoms with Crippen molar-refractivity contribution >= 4 is 11.9 Å². The second-order valence-corrected chi connectivity index (χ2v) is 5.45. The number of rotatable bonds is 13. The van der Waals surface area contributed by atoms with Gasteiger partial charge in [-0.05, 0) is 18.9 Å². The molecule has 0 aliphatic heterocycles. The lowest BCUT2D eigenvalue weighted by Crippen LogP contribution is -2.04. The molecule has 0 saturated heterocycles. The van der Waals surface area contributed by atoms with Crippen LogP contribution in [-0.2, 0) is 9.59 Å². The minimum Gasteiger partial charge on any atom is -0.478 e. The van der Waals surface area contributed by atoms with E-state index in [1.807, 2.05) is 0 Å². The fourth-order valence-corrected chi connectivity index (χ4v) is 1.93. The number of nitrogens with two attached hydrogens (primary N) is 1. The van der Waals surface area contributed by atoms with Gasteiger partial charge in [0.2, 0.25) is 5.91 Å². The predicted molar refractivity (Wildman–Crippen MR) is 92.6 cm³/mol. The summed E-state index contributed by atoms with van der Waals surface area (Å²) in [6, 6.07) is 0. The van der Waals surface area contributed by atoms with Crippen molar-refractivity contribution in [3.63, 3.8) is 0 Å². The molecule has 0 spiro atoms. The quantitative estimate of drug-likeness (QED) is 0.385. The maximum Gasteiger partial charge on any atom is 0.330 e. The standard InChI is InChI=1S/C15H28O2.C3H5NO/c1-3-4-5-6-7-8-9-10-11-12-13-14(2)15(16)17;1-2-3(4)5/h2-13H2,1H3,(H,16,17);2H,1H2,(H2,4,5). The van der Waals surface area contributed by atoms with Gasteiger partial charge in [0.1, 0.15) is 0 Å². The van der Waals surface area contributed by atoms with Gasteiger partial charge in [-0.15, -0.1) is 0 Å². The van der Waals surface area contributed by atoms with Crippen molar-refractivity contribution in [3.05, 3.63) is 24.8 Å². The van der Waals surface area contributed by atoms with Gasteiger partial charge in [-0.1, -0.05) is 77.9 Å². The molecule has 1 amide bonds. The summed E-state index contributed by atoms with van der Waals surface area (Å²) in [6.45, 7) is 8.86. The lowest BCUT2D eigenvalue weighted by molar-refractivity contribution is -0.132. The first-order valence-electron chi connectivity index (χ1n) is 8.28. The molecule has 4 nitrogen and oxygen atoms in total. The first-order chi connectivity index (χ1) is 10.5. The summed E-state index contributed by atoms with van der Waals surface area (Å²) >= 11 is 0. The molecule has 0 aromatic heterocycles. The zero-order chi connectivity index (χ0) is 17.2. The van der Waals surface area contributed by atoms with E-state index in [0.717, 1.165) is 18.9 Å². The largest absolute Gasteiger partial charge is 0.478 e. The van der Waals surface area contributed by atoms with Crippen LogP contribution in [0.2, 0.25) is 0 Å². The summed E-state index contributed by atoms with van der Waals surface area (Å²) in [7, 11) is 0. The topological polar surface area (TPSA) is 80.4 Å². The number of carbonyl (C=O) groups is 2. The summed E-state index contributed by atoms with van der Waals surface area (Å²) in [5.74, 6) is -1.33. The number of amides is 1.